The highest BCUT2D eigenvalue weighted by atomic mass is 19.1. The third kappa shape index (κ3) is 2.43. The third-order valence-corrected chi connectivity index (χ3v) is 3.45. The van der Waals surface area contributed by atoms with Gasteiger partial charge in [-0.3, -0.25) is 0 Å². The molecule has 3 aromatic rings. The van der Waals surface area contributed by atoms with E-state index in [0.29, 0.717) is 16.5 Å². The highest BCUT2D eigenvalue weighted by Crippen LogP contribution is 2.27. The second-order valence-electron chi connectivity index (χ2n) is 4.68. The van der Waals surface area contributed by atoms with E-state index in [1.807, 2.05) is 24.3 Å². The second kappa shape index (κ2) is 5.46. The summed E-state index contributed by atoms with van der Waals surface area (Å²) in [4.78, 5) is 0. The van der Waals surface area contributed by atoms with Gasteiger partial charge in [0.1, 0.15) is 11.6 Å². The van der Waals surface area contributed by atoms with Crippen molar-refractivity contribution in [3.8, 4) is 5.75 Å². The normalized spacial score (nSPS) is 12.3. The predicted molar refractivity (Wildman–Crippen MR) is 78.5 cm³/mol. The van der Waals surface area contributed by atoms with Crippen LogP contribution in [0.15, 0.2) is 48.7 Å². The molecule has 0 aliphatic heterocycles. The van der Waals surface area contributed by atoms with Crippen molar-refractivity contribution < 1.29 is 9.13 Å². The molecule has 2 N–H and O–H groups in total. The molecule has 1 aromatic heterocycles. The molecular formula is C16H14FN3O. The van der Waals surface area contributed by atoms with E-state index in [1.165, 1.54) is 12.3 Å². The number of hydrogen-bond acceptors (Lipinski definition) is 4. The first-order chi connectivity index (χ1) is 10.2. The van der Waals surface area contributed by atoms with Crippen molar-refractivity contribution in [3.63, 3.8) is 0 Å². The van der Waals surface area contributed by atoms with Crippen molar-refractivity contribution in [1.82, 2.24) is 10.2 Å². The van der Waals surface area contributed by atoms with Gasteiger partial charge in [-0.2, -0.15) is 10.2 Å². The van der Waals surface area contributed by atoms with Crippen molar-refractivity contribution in [2.75, 3.05) is 7.11 Å². The van der Waals surface area contributed by atoms with Crippen LogP contribution in [0.25, 0.3) is 10.8 Å². The first kappa shape index (κ1) is 13.5. The molecule has 1 atom stereocenters. The first-order valence-corrected chi connectivity index (χ1v) is 6.50. The number of benzene rings is 2. The van der Waals surface area contributed by atoms with E-state index in [9.17, 15) is 4.39 Å². The standard InChI is InChI=1S/C16H14FN3O/c1-21-11-7-5-10(6-8-11)15(18)16-12-3-2-4-14(17)13(12)9-19-20-16/h2-9,15H,18H2,1H3. The van der Waals surface area contributed by atoms with Crippen molar-refractivity contribution in [3.05, 3.63) is 65.7 Å². The summed E-state index contributed by atoms with van der Waals surface area (Å²) in [5, 5.41) is 9.05. The molecule has 0 saturated heterocycles. The van der Waals surface area contributed by atoms with E-state index in [-0.39, 0.29) is 5.82 Å². The third-order valence-electron chi connectivity index (χ3n) is 3.45. The molecule has 1 heterocycles. The summed E-state index contributed by atoms with van der Waals surface area (Å²) in [5.41, 5.74) is 7.67. The Balaban J connectivity index is 2.08. The number of nitrogens with two attached hydrogens (primary N) is 1. The lowest BCUT2D eigenvalue weighted by Crippen LogP contribution is -2.14. The average molecular weight is 283 g/mol. The Kier molecular flexibility index (Phi) is 3.50. The molecule has 1 unspecified atom stereocenters. The number of ether oxygens (including phenoxy) is 1. The summed E-state index contributed by atoms with van der Waals surface area (Å²) in [6.45, 7) is 0. The summed E-state index contributed by atoms with van der Waals surface area (Å²) in [5.74, 6) is 0.423. The summed E-state index contributed by atoms with van der Waals surface area (Å²) >= 11 is 0. The molecule has 21 heavy (non-hydrogen) atoms. The van der Waals surface area contributed by atoms with Gasteiger partial charge in [0, 0.05) is 10.8 Å². The summed E-state index contributed by atoms with van der Waals surface area (Å²) in [6.07, 6.45) is 1.41. The Bertz CT molecular complexity index is 774. The molecule has 3 rings (SSSR count). The number of halogens is 1. The van der Waals surface area contributed by atoms with Gasteiger partial charge in [0.15, 0.2) is 0 Å². The Morgan fingerprint density at radius 3 is 2.57 bits per heavy atom. The second-order valence-corrected chi connectivity index (χ2v) is 4.68. The van der Waals surface area contributed by atoms with Gasteiger partial charge < -0.3 is 10.5 Å². The Labute approximate surface area is 121 Å². The van der Waals surface area contributed by atoms with Crippen LogP contribution in [-0.2, 0) is 0 Å². The SMILES string of the molecule is COc1ccc(C(N)c2nncc3c(F)cccc23)cc1. The quantitative estimate of drug-likeness (QED) is 0.803. The van der Waals surface area contributed by atoms with Gasteiger partial charge in [0.2, 0.25) is 0 Å². The zero-order valence-electron chi connectivity index (χ0n) is 11.5. The van der Waals surface area contributed by atoms with Crippen molar-refractivity contribution >= 4 is 10.8 Å². The zero-order valence-corrected chi connectivity index (χ0v) is 11.5. The highest BCUT2D eigenvalue weighted by Gasteiger charge is 2.16. The van der Waals surface area contributed by atoms with Crippen LogP contribution >= 0.6 is 0 Å². The van der Waals surface area contributed by atoms with Crippen LogP contribution in [0.2, 0.25) is 0 Å². The highest BCUT2D eigenvalue weighted by molar-refractivity contribution is 5.84. The predicted octanol–water partition coefficient (Wildman–Crippen LogP) is 2.83. The summed E-state index contributed by atoms with van der Waals surface area (Å²) in [6, 6.07) is 11.7. The Hall–Kier alpha value is -2.53. The minimum atomic E-state index is -0.478. The van der Waals surface area contributed by atoms with Crippen LogP contribution in [0.5, 0.6) is 5.75 Å². The molecule has 0 aliphatic carbocycles. The van der Waals surface area contributed by atoms with Crippen LogP contribution in [0, 0.1) is 5.82 Å². The first-order valence-electron chi connectivity index (χ1n) is 6.50. The van der Waals surface area contributed by atoms with Gasteiger partial charge in [-0.15, -0.1) is 0 Å². The van der Waals surface area contributed by atoms with E-state index in [1.54, 1.807) is 19.2 Å². The largest absolute Gasteiger partial charge is 0.497 e. The van der Waals surface area contributed by atoms with E-state index < -0.39 is 6.04 Å². The average Bonchev–Trinajstić information content (AvgIpc) is 2.54. The fourth-order valence-corrected chi connectivity index (χ4v) is 2.29. The number of fused-ring (bicyclic) bond motifs is 1. The van der Waals surface area contributed by atoms with Crippen LogP contribution < -0.4 is 10.5 Å². The molecule has 106 valence electrons. The molecule has 2 aromatic carbocycles. The van der Waals surface area contributed by atoms with E-state index >= 15 is 0 Å². The summed E-state index contributed by atoms with van der Waals surface area (Å²) < 4.78 is 18.9. The van der Waals surface area contributed by atoms with E-state index in [4.69, 9.17) is 10.5 Å². The number of rotatable bonds is 3. The van der Waals surface area contributed by atoms with E-state index in [0.717, 1.165) is 11.3 Å². The van der Waals surface area contributed by atoms with Gasteiger partial charge in [0.05, 0.1) is 25.0 Å². The number of methoxy groups -OCH3 is 1. The number of hydrogen-bond donors (Lipinski definition) is 1. The maximum atomic E-state index is 13.8. The van der Waals surface area contributed by atoms with Gasteiger partial charge in [0.25, 0.3) is 0 Å². The molecule has 5 heteroatoms. The van der Waals surface area contributed by atoms with Crippen molar-refractivity contribution in [2.45, 2.75) is 6.04 Å². The molecular weight excluding hydrogens is 269 g/mol. The minimum Gasteiger partial charge on any atom is -0.497 e. The lowest BCUT2D eigenvalue weighted by atomic mass is 10.00. The Morgan fingerprint density at radius 2 is 1.86 bits per heavy atom. The molecule has 0 spiro atoms. The monoisotopic (exact) mass is 283 g/mol. The van der Waals surface area contributed by atoms with Gasteiger partial charge >= 0.3 is 0 Å². The fourth-order valence-electron chi connectivity index (χ4n) is 2.29. The molecule has 0 amide bonds. The van der Waals surface area contributed by atoms with E-state index in [2.05, 4.69) is 10.2 Å². The lowest BCUT2D eigenvalue weighted by Gasteiger charge is -2.14. The van der Waals surface area contributed by atoms with Gasteiger partial charge in [-0.05, 0) is 23.8 Å². The van der Waals surface area contributed by atoms with Gasteiger partial charge in [-0.25, -0.2) is 4.39 Å². The fraction of sp³-hybridized carbons (Fsp3) is 0.125. The number of nitrogens with zero attached hydrogens (tertiary/aromatic N) is 2. The van der Waals surface area contributed by atoms with Crippen molar-refractivity contribution in [1.29, 1.82) is 0 Å². The van der Waals surface area contributed by atoms with Crippen LogP contribution in [0.3, 0.4) is 0 Å². The molecule has 0 bridgehead atoms. The maximum absolute atomic E-state index is 13.8. The molecule has 0 fully saturated rings. The van der Waals surface area contributed by atoms with Gasteiger partial charge in [-0.1, -0.05) is 24.3 Å². The molecule has 0 aliphatic rings. The summed E-state index contributed by atoms with van der Waals surface area (Å²) in [7, 11) is 1.61. The topological polar surface area (TPSA) is 61.0 Å². The molecule has 4 nitrogen and oxygen atoms in total. The number of aromatic nitrogens is 2. The minimum absolute atomic E-state index is 0.328. The van der Waals surface area contributed by atoms with Crippen LogP contribution in [0.1, 0.15) is 17.3 Å². The Morgan fingerprint density at radius 1 is 1.10 bits per heavy atom. The molecule has 0 saturated carbocycles. The lowest BCUT2D eigenvalue weighted by molar-refractivity contribution is 0.414. The zero-order chi connectivity index (χ0) is 14.8. The van der Waals surface area contributed by atoms with Crippen LogP contribution in [0.4, 0.5) is 4.39 Å². The molecule has 0 radical (unpaired) electrons. The van der Waals surface area contributed by atoms with Crippen LogP contribution in [-0.4, -0.2) is 17.3 Å². The van der Waals surface area contributed by atoms with Crippen molar-refractivity contribution in [2.24, 2.45) is 5.73 Å². The smallest absolute Gasteiger partial charge is 0.132 e. The maximum Gasteiger partial charge on any atom is 0.132 e.